The fourth-order valence-electron chi connectivity index (χ4n) is 3.12. The van der Waals surface area contributed by atoms with E-state index in [2.05, 4.69) is 5.32 Å². The van der Waals surface area contributed by atoms with Crippen LogP contribution in [0.25, 0.3) is 0 Å². The van der Waals surface area contributed by atoms with Gasteiger partial charge >= 0.3 is 5.97 Å². The van der Waals surface area contributed by atoms with Crippen LogP contribution >= 0.6 is 0 Å². The highest BCUT2D eigenvalue weighted by Crippen LogP contribution is 2.27. The van der Waals surface area contributed by atoms with Crippen LogP contribution in [0.1, 0.15) is 38.5 Å². The standard InChI is InChI=1S/C13H21NO5S/c15-12(10-6-7-20(18,19)8-10)14-11(13(16)17)9-4-2-1-3-5-9/h9-11H,1-8H2,(H,14,15)(H,16,17). The second-order valence-electron chi connectivity index (χ2n) is 5.82. The third-order valence-electron chi connectivity index (χ3n) is 4.29. The maximum Gasteiger partial charge on any atom is 0.326 e. The Hall–Kier alpha value is -1.11. The second-order valence-corrected chi connectivity index (χ2v) is 8.05. The van der Waals surface area contributed by atoms with E-state index in [9.17, 15) is 23.1 Å². The summed E-state index contributed by atoms with van der Waals surface area (Å²) in [4.78, 5) is 23.4. The highest BCUT2D eigenvalue weighted by Gasteiger charge is 2.37. The molecule has 1 saturated heterocycles. The topological polar surface area (TPSA) is 101 Å². The van der Waals surface area contributed by atoms with Crippen LogP contribution in [-0.4, -0.2) is 42.9 Å². The molecular formula is C13H21NO5S. The Balaban J connectivity index is 1.97. The van der Waals surface area contributed by atoms with Crippen molar-refractivity contribution < 1.29 is 23.1 Å². The minimum absolute atomic E-state index is 0.0201. The molecule has 7 heteroatoms. The zero-order chi connectivity index (χ0) is 14.8. The Morgan fingerprint density at radius 1 is 1.10 bits per heavy atom. The number of sulfone groups is 1. The molecule has 2 rings (SSSR count). The van der Waals surface area contributed by atoms with Crippen molar-refractivity contribution in [1.82, 2.24) is 5.32 Å². The van der Waals surface area contributed by atoms with Crippen molar-refractivity contribution in [2.24, 2.45) is 11.8 Å². The Bertz CT molecular complexity index is 481. The average Bonchev–Trinajstić information content (AvgIpc) is 2.77. The molecule has 1 amide bonds. The first-order valence-corrected chi connectivity index (χ1v) is 8.95. The molecule has 0 radical (unpaired) electrons. The number of carboxylic acids is 1. The molecule has 1 saturated carbocycles. The van der Waals surface area contributed by atoms with E-state index in [1.165, 1.54) is 0 Å². The average molecular weight is 303 g/mol. The van der Waals surface area contributed by atoms with Crippen LogP contribution in [0.2, 0.25) is 0 Å². The summed E-state index contributed by atoms with van der Waals surface area (Å²) in [5, 5.41) is 11.8. The van der Waals surface area contributed by atoms with Crippen molar-refractivity contribution in [3.8, 4) is 0 Å². The number of carbonyl (C=O) groups excluding carboxylic acids is 1. The van der Waals surface area contributed by atoms with Crippen LogP contribution in [-0.2, 0) is 19.4 Å². The highest BCUT2D eigenvalue weighted by atomic mass is 32.2. The minimum Gasteiger partial charge on any atom is -0.480 e. The maximum absolute atomic E-state index is 12.1. The second kappa shape index (κ2) is 6.11. The largest absolute Gasteiger partial charge is 0.480 e. The number of rotatable bonds is 4. The van der Waals surface area contributed by atoms with Crippen LogP contribution in [0.4, 0.5) is 0 Å². The summed E-state index contributed by atoms with van der Waals surface area (Å²) in [6, 6.07) is -0.883. The van der Waals surface area contributed by atoms with E-state index in [1.54, 1.807) is 0 Å². The zero-order valence-electron chi connectivity index (χ0n) is 11.4. The first-order valence-electron chi connectivity index (χ1n) is 7.12. The van der Waals surface area contributed by atoms with E-state index in [4.69, 9.17) is 0 Å². The Morgan fingerprint density at radius 3 is 2.25 bits per heavy atom. The summed E-state index contributed by atoms with van der Waals surface area (Å²) < 4.78 is 22.7. The van der Waals surface area contributed by atoms with Crippen molar-refractivity contribution in [2.75, 3.05) is 11.5 Å². The Morgan fingerprint density at radius 2 is 1.75 bits per heavy atom. The molecule has 6 nitrogen and oxygen atoms in total. The predicted octanol–water partition coefficient (Wildman–Crippen LogP) is 0.571. The van der Waals surface area contributed by atoms with Crippen LogP contribution in [0.15, 0.2) is 0 Å². The van der Waals surface area contributed by atoms with Crippen molar-refractivity contribution >= 4 is 21.7 Å². The van der Waals surface area contributed by atoms with Crippen LogP contribution in [0, 0.1) is 11.8 Å². The van der Waals surface area contributed by atoms with Gasteiger partial charge in [0.1, 0.15) is 6.04 Å². The molecule has 2 fully saturated rings. The number of amides is 1. The molecule has 1 aliphatic heterocycles. The van der Waals surface area contributed by atoms with Gasteiger partial charge in [0.05, 0.1) is 17.4 Å². The van der Waals surface area contributed by atoms with E-state index in [1.807, 2.05) is 0 Å². The van der Waals surface area contributed by atoms with Gasteiger partial charge in [-0.25, -0.2) is 13.2 Å². The zero-order valence-corrected chi connectivity index (χ0v) is 12.2. The van der Waals surface area contributed by atoms with E-state index < -0.39 is 33.7 Å². The molecule has 0 aromatic carbocycles. The van der Waals surface area contributed by atoms with Crippen molar-refractivity contribution in [3.05, 3.63) is 0 Å². The van der Waals surface area contributed by atoms with Gasteiger partial charge in [-0.15, -0.1) is 0 Å². The number of hydrogen-bond acceptors (Lipinski definition) is 4. The molecule has 20 heavy (non-hydrogen) atoms. The lowest BCUT2D eigenvalue weighted by Gasteiger charge is -2.28. The molecule has 1 heterocycles. The lowest BCUT2D eigenvalue weighted by Crippen LogP contribution is -2.48. The third kappa shape index (κ3) is 3.71. The molecule has 2 unspecified atom stereocenters. The number of carboxylic acid groups (broad SMARTS) is 1. The molecular weight excluding hydrogens is 282 g/mol. The highest BCUT2D eigenvalue weighted by molar-refractivity contribution is 7.91. The number of hydrogen-bond donors (Lipinski definition) is 2. The normalized spacial score (nSPS) is 27.9. The summed E-state index contributed by atoms with van der Waals surface area (Å²) in [6.45, 7) is 0. The van der Waals surface area contributed by atoms with Gasteiger partial charge in [-0.2, -0.15) is 0 Å². The number of nitrogens with one attached hydrogen (secondary N) is 1. The summed E-state index contributed by atoms with van der Waals surface area (Å²) >= 11 is 0. The molecule has 2 aliphatic rings. The smallest absolute Gasteiger partial charge is 0.326 e. The Labute approximate surface area is 118 Å². The lowest BCUT2D eigenvalue weighted by molar-refractivity contribution is -0.144. The maximum atomic E-state index is 12.1. The molecule has 2 atom stereocenters. The van der Waals surface area contributed by atoms with Gasteiger partial charge < -0.3 is 10.4 Å². The number of aliphatic carboxylic acids is 1. The van der Waals surface area contributed by atoms with Gasteiger partial charge in [-0.3, -0.25) is 4.79 Å². The van der Waals surface area contributed by atoms with Gasteiger partial charge in [0.25, 0.3) is 0 Å². The van der Waals surface area contributed by atoms with E-state index in [0.717, 1.165) is 32.1 Å². The molecule has 114 valence electrons. The SMILES string of the molecule is O=C(NC(C(=O)O)C1CCCCC1)C1CCS(=O)(=O)C1. The molecule has 0 aromatic heterocycles. The molecule has 1 aliphatic carbocycles. The minimum atomic E-state index is -3.13. The van der Waals surface area contributed by atoms with Gasteiger partial charge in [-0.1, -0.05) is 19.3 Å². The third-order valence-corrected chi connectivity index (χ3v) is 6.06. The molecule has 2 N–H and O–H groups in total. The van der Waals surface area contributed by atoms with E-state index in [-0.39, 0.29) is 17.4 Å². The van der Waals surface area contributed by atoms with Crippen molar-refractivity contribution in [3.63, 3.8) is 0 Å². The number of carbonyl (C=O) groups is 2. The van der Waals surface area contributed by atoms with Crippen LogP contribution < -0.4 is 5.32 Å². The first kappa shape index (κ1) is 15.3. The van der Waals surface area contributed by atoms with Gasteiger partial charge in [-0.05, 0) is 25.2 Å². The summed E-state index contributed by atoms with van der Waals surface area (Å²) in [5.41, 5.74) is 0. The van der Waals surface area contributed by atoms with Crippen LogP contribution in [0.5, 0.6) is 0 Å². The predicted molar refractivity (Wildman–Crippen MR) is 72.9 cm³/mol. The quantitative estimate of drug-likeness (QED) is 0.791. The fourth-order valence-corrected chi connectivity index (χ4v) is 4.86. The van der Waals surface area contributed by atoms with E-state index >= 15 is 0 Å². The van der Waals surface area contributed by atoms with Gasteiger partial charge in [0.2, 0.25) is 5.91 Å². The van der Waals surface area contributed by atoms with E-state index in [0.29, 0.717) is 6.42 Å². The lowest BCUT2D eigenvalue weighted by atomic mass is 9.83. The van der Waals surface area contributed by atoms with Gasteiger partial charge in [0, 0.05) is 0 Å². The van der Waals surface area contributed by atoms with Crippen molar-refractivity contribution in [1.29, 1.82) is 0 Å². The molecule has 0 bridgehead atoms. The monoisotopic (exact) mass is 303 g/mol. The fraction of sp³-hybridized carbons (Fsp3) is 0.846. The molecule has 0 spiro atoms. The summed E-state index contributed by atoms with van der Waals surface area (Å²) in [7, 11) is -3.13. The van der Waals surface area contributed by atoms with Gasteiger partial charge in [0.15, 0.2) is 9.84 Å². The molecule has 0 aromatic rings. The first-order chi connectivity index (χ1) is 9.39. The van der Waals surface area contributed by atoms with Crippen LogP contribution in [0.3, 0.4) is 0 Å². The summed E-state index contributed by atoms with van der Waals surface area (Å²) in [6.07, 6.45) is 4.99. The Kier molecular flexibility index (Phi) is 4.67. The van der Waals surface area contributed by atoms with Crippen molar-refractivity contribution in [2.45, 2.75) is 44.6 Å². The summed E-state index contributed by atoms with van der Waals surface area (Å²) in [5.74, 6) is -2.22.